The third-order valence-electron chi connectivity index (χ3n) is 2.88. The van der Waals surface area contributed by atoms with E-state index in [1.165, 1.54) is 4.90 Å². The number of rotatable bonds is 2. The third-order valence-corrected chi connectivity index (χ3v) is 3.32. The van der Waals surface area contributed by atoms with Crippen LogP contribution in [0, 0.1) is 0 Å². The Morgan fingerprint density at radius 3 is 2.29 bits per heavy atom. The molecule has 3 unspecified atom stereocenters. The summed E-state index contributed by atoms with van der Waals surface area (Å²) in [6.07, 6.45) is -1.75. The highest BCUT2D eigenvalue weighted by atomic mass is 35.5. The molecule has 2 rings (SSSR count). The lowest BCUT2D eigenvalue weighted by atomic mass is 10.1. The lowest BCUT2D eigenvalue weighted by Gasteiger charge is -2.19. The molecule has 0 aliphatic carbocycles. The Kier molecular flexibility index (Phi) is 3.66. The number of alkyl halides is 1. The number of β-amino-alcohol motifs (C(OH)–C–C–N with tert-alkyl or cyclic N) is 2. The second-order valence-electron chi connectivity index (χ2n) is 4.15. The maximum Gasteiger partial charge on any atom is 0.245 e. The van der Waals surface area contributed by atoms with E-state index in [0.29, 0.717) is 0 Å². The molecule has 3 atom stereocenters. The lowest BCUT2D eigenvalue weighted by molar-refractivity contribution is -0.130. The van der Waals surface area contributed by atoms with E-state index >= 15 is 0 Å². The smallest absolute Gasteiger partial charge is 0.245 e. The van der Waals surface area contributed by atoms with Crippen LogP contribution >= 0.6 is 11.6 Å². The molecule has 2 N–H and O–H groups in total. The van der Waals surface area contributed by atoms with Crippen molar-refractivity contribution in [2.75, 3.05) is 13.1 Å². The van der Waals surface area contributed by atoms with E-state index in [1.54, 1.807) is 12.1 Å². The topological polar surface area (TPSA) is 60.8 Å². The molecule has 92 valence electrons. The molecule has 1 heterocycles. The summed E-state index contributed by atoms with van der Waals surface area (Å²) in [6, 6.07) is 9.02. The maximum absolute atomic E-state index is 12.0. The highest BCUT2D eigenvalue weighted by Crippen LogP contribution is 2.24. The van der Waals surface area contributed by atoms with Crippen LogP contribution in [0.2, 0.25) is 0 Å². The van der Waals surface area contributed by atoms with E-state index in [9.17, 15) is 15.0 Å². The average Bonchev–Trinajstić information content (AvgIpc) is 2.69. The quantitative estimate of drug-likeness (QED) is 0.758. The van der Waals surface area contributed by atoms with Crippen LogP contribution in [0.15, 0.2) is 30.3 Å². The minimum atomic E-state index is -0.876. The van der Waals surface area contributed by atoms with Gasteiger partial charge in [0.1, 0.15) is 5.38 Å². The van der Waals surface area contributed by atoms with Gasteiger partial charge >= 0.3 is 0 Å². The van der Waals surface area contributed by atoms with Gasteiger partial charge in [0.15, 0.2) is 0 Å². The van der Waals surface area contributed by atoms with Gasteiger partial charge in [-0.15, -0.1) is 11.6 Å². The minimum Gasteiger partial charge on any atom is -0.388 e. The second-order valence-corrected chi connectivity index (χ2v) is 4.59. The number of hydrogen-bond donors (Lipinski definition) is 2. The van der Waals surface area contributed by atoms with Gasteiger partial charge in [0.25, 0.3) is 0 Å². The van der Waals surface area contributed by atoms with Crippen molar-refractivity contribution in [3.8, 4) is 0 Å². The molecular formula is C12H14ClNO3. The monoisotopic (exact) mass is 255 g/mol. The van der Waals surface area contributed by atoms with Crippen molar-refractivity contribution in [1.29, 1.82) is 0 Å². The van der Waals surface area contributed by atoms with Gasteiger partial charge in [0.05, 0.1) is 12.2 Å². The number of aliphatic hydroxyl groups is 2. The van der Waals surface area contributed by atoms with Crippen molar-refractivity contribution in [2.24, 2.45) is 0 Å². The number of aliphatic hydroxyl groups excluding tert-OH is 2. The van der Waals surface area contributed by atoms with Gasteiger partial charge in [-0.05, 0) is 5.56 Å². The van der Waals surface area contributed by atoms with Crippen LogP contribution in [0.1, 0.15) is 10.9 Å². The third kappa shape index (κ3) is 2.60. The fraction of sp³-hybridized carbons (Fsp3) is 0.417. The molecule has 0 bridgehead atoms. The lowest BCUT2D eigenvalue weighted by Crippen LogP contribution is -2.32. The molecule has 1 amide bonds. The van der Waals surface area contributed by atoms with Crippen molar-refractivity contribution in [1.82, 2.24) is 4.90 Å². The minimum absolute atomic E-state index is 0.135. The molecule has 0 saturated carbocycles. The SMILES string of the molecule is O=C(C(Cl)c1ccccc1)N1CC(O)C(O)C1. The molecular weight excluding hydrogens is 242 g/mol. The van der Waals surface area contributed by atoms with Crippen LogP contribution in [0.5, 0.6) is 0 Å². The van der Waals surface area contributed by atoms with Crippen molar-refractivity contribution >= 4 is 17.5 Å². The Morgan fingerprint density at radius 1 is 1.24 bits per heavy atom. The van der Waals surface area contributed by atoms with E-state index in [-0.39, 0.29) is 19.0 Å². The summed E-state index contributed by atoms with van der Waals surface area (Å²) in [4.78, 5) is 13.4. The summed E-state index contributed by atoms with van der Waals surface area (Å²) >= 11 is 6.08. The zero-order chi connectivity index (χ0) is 12.4. The van der Waals surface area contributed by atoms with E-state index in [0.717, 1.165) is 5.56 Å². The van der Waals surface area contributed by atoms with E-state index in [2.05, 4.69) is 0 Å². The van der Waals surface area contributed by atoms with Gasteiger partial charge in [-0.1, -0.05) is 30.3 Å². The summed E-state index contributed by atoms with van der Waals surface area (Å²) in [6.45, 7) is 0.270. The second kappa shape index (κ2) is 5.04. The fourth-order valence-electron chi connectivity index (χ4n) is 1.87. The van der Waals surface area contributed by atoms with Crippen LogP contribution in [0.25, 0.3) is 0 Å². The molecule has 1 aromatic rings. The van der Waals surface area contributed by atoms with Crippen molar-refractivity contribution in [3.05, 3.63) is 35.9 Å². The van der Waals surface area contributed by atoms with Crippen LogP contribution in [0.4, 0.5) is 0 Å². The highest BCUT2D eigenvalue weighted by molar-refractivity contribution is 6.30. The predicted molar refractivity (Wildman–Crippen MR) is 63.6 cm³/mol. The molecule has 0 spiro atoms. The fourth-order valence-corrected chi connectivity index (χ4v) is 2.16. The molecule has 1 aliphatic rings. The normalized spacial score (nSPS) is 25.9. The Hall–Kier alpha value is -1.10. The molecule has 17 heavy (non-hydrogen) atoms. The first-order chi connectivity index (χ1) is 8.09. The van der Waals surface area contributed by atoms with Gasteiger partial charge in [0.2, 0.25) is 5.91 Å². The summed E-state index contributed by atoms with van der Waals surface area (Å²) < 4.78 is 0. The average molecular weight is 256 g/mol. The van der Waals surface area contributed by atoms with Gasteiger partial charge in [-0.25, -0.2) is 0 Å². The molecule has 1 aliphatic heterocycles. The molecule has 4 nitrogen and oxygen atoms in total. The Bertz CT molecular complexity index is 388. The van der Waals surface area contributed by atoms with E-state index in [4.69, 9.17) is 11.6 Å². The van der Waals surface area contributed by atoms with Crippen molar-refractivity contribution in [2.45, 2.75) is 17.6 Å². The number of likely N-dealkylation sites (tertiary alicyclic amines) is 1. The first kappa shape index (κ1) is 12.4. The molecule has 1 saturated heterocycles. The number of halogens is 1. The van der Waals surface area contributed by atoms with Gasteiger partial charge < -0.3 is 15.1 Å². The number of carbonyl (C=O) groups is 1. The van der Waals surface area contributed by atoms with E-state index in [1.807, 2.05) is 18.2 Å². The number of hydrogen-bond acceptors (Lipinski definition) is 3. The summed E-state index contributed by atoms with van der Waals surface area (Å²) in [5, 5.41) is 18.0. The summed E-state index contributed by atoms with van der Waals surface area (Å²) in [5.41, 5.74) is 0.718. The zero-order valence-corrected chi connectivity index (χ0v) is 9.92. The van der Waals surface area contributed by atoms with Crippen molar-refractivity contribution in [3.63, 3.8) is 0 Å². The Labute approximate surface area is 104 Å². The van der Waals surface area contributed by atoms with Crippen LogP contribution in [-0.4, -0.2) is 46.3 Å². The van der Waals surface area contributed by atoms with Gasteiger partial charge in [0, 0.05) is 13.1 Å². The van der Waals surface area contributed by atoms with Crippen molar-refractivity contribution < 1.29 is 15.0 Å². The number of benzene rings is 1. The molecule has 0 aromatic heterocycles. The largest absolute Gasteiger partial charge is 0.388 e. The van der Waals surface area contributed by atoms with Crippen LogP contribution < -0.4 is 0 Å². The van der Waals surface area contributed by atoms with Crippen LogP contribution in [-0.2, 0) is 4.79 Å². The molecule has 1 aromatic carbocycles. The summed E-state index contributed by atoms with van der Waals surface area (Å²) in [5.74, 6) is -0.284. The maximum atomic E-state index is 12.0. The van der Waals surface area contributed by atoms with Crippen LogP contribution in [0.3, 0.4) is 0 Å². The standard InChI is InChI=1S/C12H14ClNO3/c13-11(8-4-2-1-3-5-8)12(17)14-6-9(15)10(16)7-14/h1-5,9-11,15-16H,6-7H2. The molecule has 5 heteroatoms. The number of amides is 1. The van der Waals surface area contributed by atoms with E-state index < -0.39 is 17.6 Å². The number of carbonyl (C=O) groups excluding carboxylic acids is 1. The first-order valence-electron chi connectivity index (χ1n) is 5.43. The summed E-state index contributed by atoms with van der Waals surface area (Å²) in [7, 11) is 0. The first-order valence-corrected chi connectivity index (χ1v) is 5.87. The van der Waals surface area contributed by atoms with Gasteiger partial charge in [-0.2, -0.15) is 0 Å². The number of nitrogens with zero attached hydrogens (tertiary/aromatic N) is 1. The van der Waals surface area contributed by atoms with Gasteiger partial charge in [-0.3, -0.25) is 4.79 Å². The molecule has 0 radical (unpaired) electrons. The predicted octanol–water partition coefficient (Wildman–Crippen LogP) is 0.530. The molecule has 1 fully saturated rings. The zero-order valence-electron chi connectivity index (χ0n) is 9.16. The Morgan fingerprint density at radius 2 is 1.76 bits per heavy atom. The highest BCUT2D eigenvalue weighted by Gasteiger charge is 2.35. The Balaban J connectivity index is 2.06.